The third-order valence-electron chi connectivity index (χ3n) is 2.37. The molecule has 2 rings (SSSR count). The molecule has 1 unspecified atom stereocenters. The van der Waals surface area contributed by atoms with Gasteiger partial charge in [-0.1, -0.05) is 5.21 Å². The Kier molecular flexibility index (Phi) is 3.26. The molecule has 0 radical (unpaired) electrons. The van der Waals surface area contributed by atoms with Crippen molar-refractivity contribution in [1.29, 1.82) is 0 Å². The number of hydrogen-bond acceptors (Lipinski definition) is 4. The molecule has 0 amide bonds. The van der Waals surface area contributed by atoms with Crippen LogP contribution in [0, 0.1) is 0 Å². The van der Waals surface area contributed by atoms with Crippen molar-refractivity contribution < 1.29 is 0 Å². The fourth-order valence-corrected chi connectivity index (χ4v) is 1.65. The number of rotatable bonds is 4. The zero-order chi connectivity index (χ0) is 11.4. The SMILES string of the molecule is Cn1cc(CC(N)Cc2ccncc2)nn1. The second kappa shape index (κ2) is 4.85. The minimum Gasteiger partial charge on any atom is -0.327 e. The molecule has 0 aromatic carbocycles. The third kappa shape index (κ3) is 2.87. The summed E-state index contributed by atoms with van der Waals surface area (Å²) >= 11 is 0. The summed E-state index contributed by atoms with van der Waals surface area (Å²) in [4.78, 5) is 3.97. The summed E-state index contributed by atoms with van der Waals surface area (Å²) in [7, 11) is 1.85. The lowest BCUT2D eigenvalue weighted by molar-refractivity contribution is 0.650. The normalized spacial score (nSPS) is 12.6. The fraction of sp³-hybridized carbons (Fsp3) is 0.364. The predicted octanol–water partition coefficient (Wildman–Crippen LogP) is 0.323. The van der Waals surface area contributed by atoms with E-state index in [0.29, 0.717) is 0 Å². The van der Waals surface area contributed by atoms with E-state index < -0.39 is 0 Å². The summed E-state index contributed by atoms with van der Waals surface area (Å²) in [6.07, 6.45) is 7.04. The van der Waals surface area contributed by atoms with E-state index in [2.05, 4.69) is 15.3 Å². The Morgan fingerprint density at radius 1 is 1.31 bits per heavy atom. The molecule has 2 aromatic rings. The second-order valence-corrected chi connectivity index (χ2v) is 3.91. The molecule has 5 nitrogen and oxygen atoms in total. The number of pyridine rings is 1. The maximum atomic E-state index is 6.05. The number of aryl methyl sites for hydroxylation is 1. The molecule has 2 heterocycles. The van der Waals surface area contributed by atoms with Crippen LogP contribution in [0.4, 0.5) is 0 Å². The Labute approximate surface area is 94.3 Å². The van der Waals surface area contributed by atoms with Gasteiger partial charge in [-0.2, -0.15) is 0 Å². The molecule has 0 saturated heterocycles. The van der Waals surface area contributed by atoms with Crippen LogP contribution in [-0.2, 0) is 19.9 Å². The van der Waals surface area contributed by atoms with Gasteiger partial charge in [0.25, 0.3) is 0 Å². The lowest BCUT2D eigenvalue weighted by Crippen LogP contribution is -2.25. The highest BCUT2D eigenvalue weighted by molar-refractivity contribution is 5.12. The van der Waals surface area contributed by atoms with Gasteiger partial charge < -0.3 is 5.73 Å². The quantitative estimate of drug-likeness (QED) is 0.801. The van der Waals surface area contributed by atoms with E-state index in [1.807, 2.05) is 25.4 Å². The van der Waals surface area contributed by atoms with E-state index in [0.717, 1.165) is 18.5 Å². The van der Waals surface area contributed by atoms with Crippen LogP contribution in [0.25, 0.3) is 0 Å². The highest BCUT2D eigenvalue weighted by Crippen LogP contribution is 2.04. The van der Waals surface area contributed by atoms with E-state index in [1.165, 1.54) is 5.56 Å². The standard InChI is InChI=1S/C11H15N5/c1-16-8-11(14-15-16)7-10(12)6-9-2-4-13-5-3-9/h2-5,8,10H,6-7,12H2,1H3. The number of nitrogens with two attached hydrogens (primary N) is 1. The fourth-order valence-electron chi connectivity index (χ4n) is 1.65. The molecule has 0 spiro atoms. The van der Waals surface area contributed by atoms with Crippen LogP contribution in [0.5, 0.6) is 0 Å². The smallest absolute Gasteiger partial charge is 0.0842 e. The highest BCUT2D eigenvalue weighted by atomic mass is 15.4. The van der Waals surface area contributed by atoms with Crippen LogP contribution in [-0.4, -0.2) is 26.0 Å². The van der Waals surface area contributed by atoms with Gasteiger partial charge >= 0.3 is 0 Å². The van der Waals surface area contributed by atoms with Crippen LogP contribution in [0.15, 0.2) is 30.7 Å². The van der Waals surface area contributed by atoms with Gasteiger partial charge in [0.05, 0.1) is 5.69 Å². The summed E-state index contributed by atoms with van der Waals surface area (Å²) in [6, 6.07) is 4.03. The summed E-state index contributed by atoms with van der Waals surface area (Å²) < 4.78 is 1.69. The number of hydrogen-bond donors (Lipinski definition) is 1. The Balaban J connectivity index is 1.92. The van der Waals surface area contributed by atoms with Gasteiger partial charge in [-0.05, 0) is 24.1 Å². The Hall–Kier alpha value is -1.75. The highest BCUT2D eigenvalue weighted by Gasteiger charge is 2.07. The minimum atomic E-state index is 0.0686. The first-order valence-electron chi connectivity index (χ1n) is 5.24. The molecule has 1 atom stereocenters. The van der Waals surface area contributed by atoms with Crippen LogP contribution in [0.1, 0.15) is 11.3 Å². The Morgan fingerprint density at radius 2 is 2.06 bits per heavy atom. The van der Waals surface area contributed by atoms with Crippen LogP contribution in [0.3, 0.4) is 0 Å². The molecule has 0 aliphatic rings. The molecule has 0 bridgehead atoms. The average Bonchev–Trinajstić information content (AvgIpc) is 2.65. The van der Waals surface area contributed by atoms with Gasteiger partial charge in [-0.3, -0.25) is 9.67 Å². The number of nitrogens with zero attached hydrogens (tertiary/aromatic N) is 4. The first-order valence-corrected chi connectivity index (χ1v) is 5.24. The Morgan fingerprint density at radius 3 is 2.69 bits per heavy atom. The largest absolute Gasteiger partial charge is 0.327 e. The van der Waals surface area contributed by atoms with Gasteiger partial charge in [-0.15, -0.1) is 5.10 Å². The zero-order valence-electron chi connectivity index (χ0n) is 9.24. The maximum absolute atomic E-state index is 6.05. The second-order valence-electron chi connectivity index (χ2n) is 3.91. The Bertz CT molecular complexity index is 437. The van der Waals surface area contributed by atoms with Gasteiger partial charge in [0.15, 0.2) is 0 Å². The molecular weight excluding hydrogens is 202 g/mol. The molecule has 16 heavy (non-hydrogen) atoms. The van der Waals surface area contributed by atoms with E-state index >= 15 is 0 Å². The lowest BCUT2D eigenvalue weighted by atomic mass is 10.0. The third-order valence-corrected chi connectivity index (χ3v) is 2.37. The molecule has 0 aliphatic heterocycles. The summed E-state index contributed by atoms with van der Waals surface area (Å²) in [5, 5.41) is 7.90. The van der Waals surface area contributed by atoms with Crippen molar-refractivity contribution in [3.8, 4) is 0 Å². The molecule has 2 N–H and O–H groups in total. The van der Waals surface area contributed by atoms with Gasteiger partial charge in [0, 0.05) is 38.1 Å². The van der Waals surface area contributed by atoms with E-state index in [4.69, 9.17) is 5.73 Å². The van der Waals surface area contributed by atoms with Crippen molar-refractivity contribution in [3.63, 3.8) is 0 Å². The van der Waals surface area contributed by atoms with Crippen molar-refractivity contribution in [2.45, 2.75) is 18.9 Å². The average molecular weight is 217 g/mol. The lowest BCUT2D eigenvalue weighted by Gasteiger charge is -2.08. The van der Waals surface area contributed by atoms with E-state index in [9.17, 15) is 0 Å². The topological polar surface area (TPSA) is 69.6 Å². The first-order chi connectivity index (χ1) is 7.74. The van der Waals surface area contributed by atoms with Crippen molar-refractivity contribution in [2.75, 3.05) is 0 Å². The van der Waals surface area contributed by atoms with Crippen LogP contribution >= 0.6 is 0 Å². The first kappa shape index (κ1) is 10.8. The molecular formula is C11H15N5. The molecule has 0 saturated carbocycles. The summed E-state index contributed by atoms with van der Waals surface area (Å²) in [6.45, 7) is 0. The van der Waals surface area contributed by atoms with E-state index in [-0.39, 0.29) is 6.04 Å². The molecule has 5 heteroatoms. The molecule has 0 fully saturated rings. The molecule has 84 valence electrons. The van der Waals surface area contributed by atoms with Crippen LogP contribution in [0.2, 0.25) is 0 Å². The molecule has 0 aliphatic carbocycles. The number of aromatic nitrogens is 4. The van der Waals surface area contributed by atoms with Crippen molar-refractivity contribution >= 4 is 0 Å². The van der Waals surface area contributed by atoms with E-state index in [1.54, 1.807) is 17.1 Å². The van der Waals surface area contributed by atoms with Crippen LogP contribution < -0.4 is 5.73 Å². The monoisotopic (exact) mass is 217 g/mol. The van der Waals surface area contributed by atoms with Gasteiger partial charge in [0.1, 0.15) is 0 Å². The van der Waals surface area contributed by atoms with Gasteiger partial charge in [-0.25, -0.2) is 0 Å². The zero-order valence-corrected chi connectivity index (χ0v) is 9.24. The van der Waals surface area contributed by atoms with Crippen molar-refractivity contribution in [3.05, 3.63) is 42.0 Å². The van der Waals surface area contributed by atoms with Crippen molar-refractivity contribution in [1.82, 2.24) is 20.0 Å². The summed E-state index contributed by atoms with van der Waals surface area (Å²) in [5.41, 5.74) is 8.18. The molecule has 2 aromatic heterocycles. The minimum absolute atomic E-state index is 0.0686. The maximum Gasteiger partial charge on any atom is 0.0842 e. The van der Waals surface area contributed by atoms with Crippen molar-refractivity contribution in [2.24, 2.45) is 12.8 Å². The predicted molar refractivity (Wildman–Crippen MR) is 60.6 cm³/mol. The van der Waals surface area contributed by atoms with Gasteiger partial charge in [0.2, 0.25) is 0 Å². The summed E-state index contributed by atoms with van der Waals surface area (Å²) in [5.74, 6) is 0.